The van der Waals surface area contributed by atoms with E-state index in [-0.39, 0.29) is 36.8 Å². The van der Waals surface area contributed by atoms with E-state index in [1.165, 1.54) is 13.2 Å². The molecule has 0 amide bonds. The minimum Gasteiger partial charge on any atom is -0.469 e. The molecular formula is C26H32FN3O4. The van der Waals surface area contributed by atoms with Gasteiger partial charge < -0.3 is 24.4 Å². The van der Waals surface area contributed by atoms with Crippen molar-refractivity contribution in [1.82, 2.24) is 0 Å². The van der Waals surface area contributed by atoms with E-state index in [1.54, 1.807) is 31.4 Å². The zero-order valence-electron chi connectivity index (χ0n) is 20.0. The number of hydrogen-bond acceptors (Lipinski definition) is 7. The van der Waals surface area contributed by atoms with Gasteiger partial charge in [0.25, 0.3) is 0 Å². The van der Waals surface area contributed by atoms with E-state index >= 15 is 4.39 Å². The Morgan fingerprint density at radius 3 is 2.56 bits per heavy atom. The third kappa shape index (κ3) is 6.25. The Labute approximate surface area is 200 Å². The number of nitrogens with one attached hydrogen (secondary N) is 1. The maximum atomic E-state index is 15.8. The quantitative estimate of drug-likeness (QED) is 0.503. The molecule has 1 fully saturated rings. The maximum absolute atomic E-state index is 15.8. The van der Waals surface area contributed by atoms with Crippen LogP contribution in [0.5, 0.6) is 0 Å². The first-order valence-corrected chi connectivity index (χ1v) is 11.5. The number of methoxy groups -OCH3 is 2. The van der Waals surface area contributed by atoms with Gasteiger partial charge in [0.15, 0.2) is 0 Å². The summed E-state index contributed by atoms with van der Waals surface area (Å²) >= 11 is 0. The Bertz CT molecular complexity index is 1000. The Kier molecular flexibility index (Phi) is 9.25. The van der Waals surface area contributed by atoms with Crippen molar-refractivity contribution in [2.75, 3.05) is 50.8 Å². The van der Waals surface area contributed by atoms with Gasteiger partial charge in [0.1, 0.15) is 5.82 Å². The van der Waals surface area contributed by atoms with Crippen molar-refractivity contribution < 1.29 is 23.4 Å². The lowest BCUT2D eigenvalue weighted by molar-refractivity contribution is -0.141. The summed E-state index contributed by atoms with van der Waals surface area (Å²) in [7, 11) is 2.88. The summed E-state index contributed by atoms with van der Waals surface area (Å²) in [4.78, 5) is 14.1. The number of hydrogen-bond donors (Lipinski definition) is 1. The van der Waals surface area contributed by atoms with Crippen LogP contribution in [0.4, 0.5) is 21.5 Å². The number of anilines is 3. The number of carbonyl (C=O) groups is 1. The number of ether oxygens (including phenoxy) is 3. The van der Waals surface area contributed by atoms with Crippen molar-refractivity contribution in [3.05, 3.63) is 53.3 Å². The molecule has 1 heterocycles. The van der Waals surface area contributed by atoms with E-state index in [0.717, 1.165) is 18.5 Å². The van der Waals surface area contributed by atoms with Crippen molar-refractivity contribution in [2.24, 2.45) is 0 Å². The van der Waals surface area contributed by atoms with Crippen LogP contribution >= 0.6 is 0 Å². The van der Waals surface area contributed by atoms with Gasteiger partial charge in [-0.25, -0.2) is 4.39 Å². The van der Waals surface area contributed by atoms with Gasteiger partial charge in [0.2, 0.25) is 0 Å². The lowest BCUT2D eigenvalue weighted by atomic mass is 9.94. The summed E-state index contributed by atoms with van der Waals surface area (Å²) in [5.74, 6) is -1.11. The summed E-state index contributed by atoms with van der Waals surface area (Å²) in [6, 6.07) is 12.6. The molecule has 2 aromatic rings. The number of nitrogens with zero attached hydrogens (tertiary/aromatic N) is 2. The second-order valence-corrected chi connectivity index (χ2v) is 8.28. The van der Waals surface area contributed by atoms with Crippen LogP contribution in [0.3, 0.4) is 0 Å². The third-order valence-corrected chi connectivity index (χ3v) is 6.12. The zero-order chi connectivity index (χ0) is 24.5. The molecular weight excluding hydrogens is 437 g/mol. The van der Waals surface area contributed by atoms with Crippen LogP contribution in [-0.4, -0.2) is 52.6 Å². The number of benzene rings is 2. The van der Waals surface area contributed by atoms with Gasteiger partial charge in [-0.3, -0.25) is 4.79 Å². The monoisotopic (exact) mass is 469 g/mol. The second kappa shape index (κ2) is 12.4. The van der Waals surface area contributed by atoms with Crippen LogP contribution in [0, 0.1) is 17.1 Å². The first-order chi connectivity index (χ1) is 16.5. The van der Waals surface area contributed by atoms with E-state index in [2.05, 4.69) is 16.3 Å². The van der Waals surface area contributed by atoms with Crippen LogP contribution in [-0.2, 0) is 19.0 Å². The highest BCUT2D eigenvalue weighted by Gasteiger charge is 2.27. The first kappa shape index (κ1) is 25.5. The van der Waals surface area contributed by atoms with E-state index < -0.39 is 0 Å². The molecule has 0 saturated carbocycles. The van der Waals surface area contributed by atoms with Crippen LogP contribution < -0.4 is 10.2 Å². The molecule has 0 radical (unpaired) electrons. The predicted molar refractivity (Wildman–Crippen MR) is 129 cm³/mol. The summed E-state index contributed by atoms with van der Waals surface area (Å²) in [5.41, 5.74) is 3.00. The highest BCUT2D eigenvalue weighted by molar-refractivity contribution is 5.78. The van der Waals surface area contributed by atoms with E-state index in [9.17, 15) is 4.79 Å². The molecule has 3 rings (SSSR count). The smallest absolute Gasteiger partial charge is 0.306 e. The van der Waals surface area contributed by atoms with Gasteiger partial charge in [-0.05, 0) is 61.7 Å². The van der Waals surface area contributed by atoms with Crippen molar-refractivity contribution in [1.29, 1.82) is 5.26 Å². The van der Waals surface area contributed by atoms with E-state index in [0.29, 0.717) is 42.3 Å². The Morgan fingerprint density at radius 1 is 1.26 bits per heavy atom. The van der Waals surface area contributed by atoms with Crippen LogP contribution in [0.1, 0.15) is 43.2 Å². The fourth-order valence-corrected chi connectivity index (χ4v) is 4.38. The Balaban J connectivity index is 2.06. The van der Waals surface area contributed by atoms with Gasteiger partial charge in [-0.2, -0.15) is 5.26 Å². The molecule has 2 aromatic carbocycles. The molecule has 8 heteroatoms. The molecule has 1 aliphatic rings. The number of rotatable bonds is 10. The van der Waals surface area contributed by atoms with Gasteiger partial charge >= 0.3 is 5.97 Å². The fourth-order valence-electron chi connectivity index (χ4n) is 4.38. The minimum absolute atomic E-state index is 0.0802. The molecule has 1 atom stereocenters. The van der Waals surface area contributed by atoms with Gasteiger partial charge in [-0.1, -0.05) is 0 Å². The maximum Gasteiger partial charge on any atom is 0.306 e. The highest BCUT2D eigenvalue weighted by Crippen LogP contribution is 2.38. The van der Waals surface area contributed by atoms with E-state index in [1.807, 2.05) is 13.0 Å². The number of nitriles is 1. The molecule has 1 aliphatic heterocycles. The predicted octanol–water partition coefficient (Wildman–Crippen LogP) is 4.74. The number of carbonyl (C=O) groups excluding carboxylic acids is 1. The summed E-state index contributed by atoms with van der Waals surface area (Å²) in [5, 5.41) is 12.4. The highest BCUT2D eigenvalue weighted by atomic mass is 19.1. The normalized spacial score (nSPS) is 14.8. The standard InChI is InChI=1S/C26H32FN3O4/c1-4-30(22-9-11-34-12-10-22)26-23(27)13-19(20(17-32-2)15-25(31)33-3)14-24(26)29-21-7-5-18(16-28)6-8-21/h5-8,13-14,20,22,29H,4,9-12,15,17H2,1-3H3. The minimum atomic E-state index is -0.384. The Hall–Kier alpha value is -3.15. The van der Waals surface area contributed by atoms with Gasteiger partial charge in [0, 0.05) is 44.5 Å². The number of halogens is 1. The van der Waals surface area contributed by atoms with E-state index in [4.69, 9.17) is 19.5 Å². The molecule has 0 aliphatic carbocycles. The van der Waals surface area contributed by atoms with Gasteiger partial charge in [0.05, 0.1) is 43.1 Å². The summed E-state index contributed by atoms with van der Waals surface area (Å²) in [6.45, 7) is 4.19. The lowest BCUT2D eigenvalue weighted by Crippen LogP contribution is -2.40. The van der Waals surface area contributed by atoms with Crippen molar-refractivity contribution in [3.8, 4) is 6.07 Å². The molecule has 1 saturated heterocycles. The molecule has 0 bridgehead atoms. The zero-order valence-corrected chi connectivity index (χ0v) is 20.0. The topological polar surface area (TPSA) is 83.8 Å². The molecule has 1 N–H and O–H groups in total. The number of esters is 1. The van der Waals surface area contributed by atoms with Gasteiger partial charge in [-0.15, -0.1) is 0 Å². The second-order valence-electron chi connectivity index (χ2n) is 8.28. The SMILES string of the molecule is CCN(c1c(F)cc(C(COC)CC(=O)OC)cc1Nc1ccc(C#N)cc1)C1CCOCC1. The lowest BCUT2D eigenvalue weighted by Gasteiger charge is -2.37. The van der Waals surface area contributed by atoms with Crippen LogP contribution in [0.15, 0.2) is 36.4 Å². The molecule has 0 aromatic heterocycles. The molecule has 182 valence electrons. The average molecular weight is 470 g/mol. The first-order valence-electron chi connectivity index (χ1n) is 11.5. The molecule has 1 unspecified atom stereocenters. The fraction of sp³-hybridized carbons (Fsp3) is 0.462. The average Bonchev–Trinajstić information content (AvgIpc) is 2.86. The van der Waals surface area contributed by atoms with Crippen LogP contribution in [0.25, 0.3) is 0 Å². The van der Waals surface area contributed by atoms with Crippen LogP contribution in [0.2, 0.25) is 0 Å². The van der Waals surface area contributed by atoms with Crippen molar-refractivity contribution in [3.63, 3.8) is 0 Å². The summed E-state index contributed by atoms with van der Waals surface area (Å²) in [6.07, 6.45) is 1.72. The molecule has 7 nitrogen and oxygen atoms in total. The molecule has 0 spiro atoms. The third-order valence-electron chi connectivity index (χ3n) is 6.12. The Morgan fingerprint density at radius 2 is 1.97 bits per heavy atom. The molecule has 34 heavy (non-hydrogen) atoms. The van der Waals surface area contributed by atoms with Crippen molar-refractivity contribution >= 4 is 23.0 Å². The largest absolute Gasteiger partial charge is 0.469 e. The summed E-state index contributed by atoms with van der Waals surface area (Å²) < 4.78 is 31.5. The van der Waals surface area contributed by atoms with Crippen molar-refractivity contribution in [2.45, 2.75) is 38.1 Å².